The van der Waals surface area contributed by atoms with Gasteiger partial charge in [-0.15, -0.1) is 0 Å². The van der Waals surface area contributed by atoms with E-state index in [4.69, 9.17) is 5.26 Å². The van der Waals surface area contributed by atoms with Crippen molar-refractivity contribution in [1.29, 1.82) is 5.26 Å². The Morgan fingerprint density at radius 2 is 1.89 bits per heavy atom. The summed E-state index contributed by atoms with van der Waals surface area (Å²) in [5.41, 5.74) is 0. The fourth-order valence-corrected chi connectivity index (χ4v) is 0.719. The fraction of sp³-hybridized carbons (Fsp3) is 0.286. The predicted molar refractivity (Wildman–Crippen MR) is 32.0 cm³/mol. The minimum Gasteiger partial charge on any atom is -0.198 e. The van der Waals surface area contributed by atoms with Crippen LogP contribution in [0.15, 0.2) is 24.3 Å². The molecule has 0 aromatic carbocycles. The van der Waals surface area contributed by atoms with Gasteiger partial charge in [-0.05, 0) is 0 Å². The van der Waals surface area contributed by atoms with Crippen molar-refractivity contribution < 1.29 is 16.8 Å². The van der Waals surface area contributed by atoms with E-state index in [2.05, 4.69) is 6.07 Å². The third kappa shape index (κ3) is 2.50. The molecular weight excluding hydrogens is 157 g/mol. The van der Waals surface area contributed by atoms with Crippen LogP contribution in [0, 0.1) is 17.2 Å². The summed E-state index contributed by atoms with van der Waals surface area (Å²) < 4.78 is 0. The van der Waals surface area contributed by atoms with Gasteiger partial charge in [-0.2, -0.15) is 5.26 Å². The Labute approximate surface area is 65.3 Å². The van der Waals surface area contributed by atoms with Crippen LogP contribution in [0.5, 0.6) is 0 Å². The van der Waals surface area contributed by atoms with E-state index in [1.54, 1.807) is 0 Å². The van der Waals surface area contributed by atoms with E-state index in [9.17, 15) is 0 Å². The summed E-state index contributed by atoms with van der Waals surface area (Å²) in [6, 6.07) is 2.11. The maximum absolute atomic E-state index is 8.21. The maximum Gasteiger partial charge on any atom is 0.0631 e. The van der Waals surface area contributed by atoms with Gasteiger partial charge in [-0.3, -0.25) is 0 Å². The van der Waals surface area contributed by atoms with Gasteiger partial charge in [0.15, 0.2) is 0 Å². The SMILES string of the molecule is N#CCC1C=CC=C1.[Co]. The number of hydrogen-bond donors (Lipinski definition) is 0. The van der Waals surface area contributed by atoms with Crippen molar-refractivity contribution in [3.63, 3.8) is 0 Å². The number of rotatable bonds is 1. The second-order valence-corrected chi connectivity index (χ2v) is 1.80. The Morgan fingerprint density at radius 1 is 1.33 bits per heavy atom. The molecule has 0 fully saturated rings. The molecule has 0 aromatic heterocycles. The number of nitrogens with zero attached hydrogens (tertiary/aromatic N) is 1. The van der Waals surface area contributed by atoms with E-state index in [0.29, 0.717) is 12.3 Å². The zero-order valence-corrected chi connectivity index (χ0v) is 5.92. The molecule has 1 nitrogen and oxygen atoms in total. The summed E-state index contributed by atoms with van der Waals surface area (Å²) in [4.78, 5) is 0. The minimum absolute atomic E-state index is 0. The van der Waals surface area contributed by atoms with Crippen molar-refractivity contribution in [2.75, 3.05) is 0 Å². The Hall–Kier alpha value is -0.524. The molecule has 0 saturated heterocycles. The van der Waals surface area contributed by atoms with Gasteiger partial charge in [0.1, 0.15) is 0 Å². The van der Waals surface area contributed by atoms with E-state index in [1.165, 1.54) is 0 Å². The molecule has 0 saturated carbocycles. The van der Waals surface area contributed by atoms with Crippen molar-refractivity contribution in [2.24, 2.45) is 5.92 Å². The number of nitriles is 1. The molecule has 1 rings (SSSR count). The third-order valence-corrected chi connectivity index (χ3v) is 1.15. The van der Waals surface area contributed by atoms with Gasteiger partial charge in [-0.1, -0.05) is 24.3 Å². The first-order valence-corrected chi connectivity index (χ1v) is 2.65. The van der Waals surface area contributed by atoms with E-state index in [0.717, 1.165) is 0 Å². The van der Waals surface area contributed by atoms with Gasteiger partial charge < -0.3 is 0 Å². The molecular formula is C7H7CoN. The van der Waals surface area contributed by atoms with Gasteiger partial charge in [0, 0.05) is 29.1 Å². The van der Waals surface area contributed by atoms with Crippen LogP contribution in [0.4, 0.5) is 0 Å². The van der Waals surface area contributed by atoms with Crippen LogP contribution >= 0.6 is 0 Å². The zero-order valence-electron chi connectivity index (χ0n) is 4.87. The monoisotopic (exact) mass is 164 g/mol. The molecule has 1 aliphatic carbocycles. The van der Waals surface area contributed by atoms with E-state index >= 15 is 0 Å². The van der Waals surface area contributed by atoms with Gasteiger partial charge in [-0.25, -0.2) is 0 Å². The van der Waals surface area contributed by atoms with Crippen molar-refractivity contribution in [2.45, 2.75) is 6.42 Å². The summed E-state index contributed by atoms with van der Waals surface area (Å²) in [5.74, 6) is 0.389. The summed E-state index contributed by atoms with van der Waals surface area (Å²) >= 11 is 0. The molecule has 0 N–H and O–H groups in total. The molecule has 9 heavy (non-hydrogen) atoms. The van der Waals surface area contributed by atoms with Gasteiger partial charge >= 0.3 is 0 Å². The number of hydrogen-bond acceptors (Lipinski definition) is 1. The van der Waals surface area contributed by atoms with E-state index in [-0.39, 0.29) is 16.8 Å². The topological polar surface area (TPSA) is 23.8 Å². The minimum atomic E-state index is 0. The van der Waals surface area contributed by atoms with Gasteiger partial charge in [0.05, 0.1) is 6.07 Å². The molecule has 0 aromatic rings. The molecule has 0 spiro atoms. The Bertz CT molecular complexity index is 152. The van der Waals surface area contributed by atoms with Crippen LogP contribution in [-0.4, -0.2) is 0 Å². The molecule has 0 heterocycles. The maximum atomic E-state index is 8.21. The normalized spacial score (nSPS) is 15.0. The van der Waals surface area contributed by atoms with Crippen LogP contribution in [0.2, 0.25) is 0 Å². The van der Waals surface area contributed by atoms with E-state index in [1.807, 2.05) is 24.3 Å². The quantitative estimate of drug-likeness (QED) is 0.577. The summed E-state index contributed by atoms with van der Waals surface area (Å²) in [7, 11) is 0. The van der Waals surface area contributed by atoms with Gasteiger partial charge in [0.25, 0.3) is 0 Å². The third-order valence-electron chi connectivity index (χ3n) is 1.15. The summed E-state index contributed by atoms with van der Waals surface area (Å²) in [5, 5.41) is 8.21. The van der Waals surface area contributed by atoms with Crippen LogP contribution < -0.4 is 0 Å². The molecule has 1 radical (unpaired) electrons. The molecule has 2 heteroatoms. The first kappa shape index (κ1) is 8.48. The van der Waals surface area contributed by atoms with Crippen molar-refractivity contribution in [3.8, 4) is 6.07 Å². The number of allylic oxidation sites excluding steroid dienone is 4. The van der Waals surface area contributed by atoms with Gasteiger partial charge in [0.2, 0.25) is 0 Å². The fourth-order valence-electron chi connectivity index (χ4n) is 0.719. The molecule has 0 unspecified atom stereocenters. The largest absolute Gasteiger partial charge is 0.198 e. The standard InChI is InChI=1S/C7H7N.Co/c8-6-5-7-3-1-2-4-7;/h1-4,7H,5H2;. The van der Waals surface area contributed by atoms with Crippen molar-refractivity contribution in [1.82, 2.24) is 0 Å². The van der Waals surface area contributed by atoms with E-state index < -0.39 is 0 Å². The molecule has 1 aliphatic rings. The van der Waals surface area contributed by atoms with Crippen LogP contribution in [0.3, 0.4) is 0 Å². The van der Waals surface area contributed by atoms with Crippen LogP contribution in [-0.2, 0) is 16.8 Å². The second-order valence-electron chi connectivity index (χ2n) is 1.80. The Balaban J connectivity index is 0.000000640. The molecule has 49 valence electrons. The average molecular weight is 164 g/mol. The first-order valence-electron chi connectivity index (χ1n) is 2.65. The second kappa shape index (κ2) is 4.36. The summed E-state index contributed by atoms with van der Waals surface area (Å²) in [6.07, 6.45) is 8.63. The summed E-state index contributed by atoms with van der Waals surface area (Å²) in [6.45, 7) is 0. The smallest absolute Gasteiger partial charge is 0.0631 e. The first-order chi connectivity index (χ1) is 3.93. The molecule has 0 bridgehead atoms. The zero-order chi connectivity index (χ0) is 5.82. The Morgan fingerprint density at radius 3 is 2.33 bits per heavy atom. The van der Waals surface area contributed by atoms with Crippen molar-refractivity contribution in [3.05, 3.63) is 24.3 Å². The van der Waals surface area contributed by atoms with Crippen molar-refractivity contribution >= 4 is 0 Å². The molecule has 0 atom stereocenters. The predicted octanol–water partition coefficient (Wildman–Crippen LogP) is 1.64. The Kier molecular flexibility index (Phi) is 4.11. The molecule has 0 amide bonds. The average Bonchev–Trinajstić information content (AvgIpc) is 2.19. The molecule has 0 aliphatic heterocycles. The van der Waals surface area contributed by atoms with Crippen LogP contribution in [0.1, 0.15) is 6.42 Å². The van der Waals surface area contributed by atoms with Crippen LogP contribution in [0.25, 0.3) is 0 Å².